The number of anilines is 1. The molecule has 4 heterocycles. The molecule has 8 nitrogen and oxygen atoms in total. The highest BCUT2D eigenvalue weighted by molar-refractivity contribution is 5.74. The van der Waals surface area contributed by atoms with Crippen molar-refractivity contribution >= 4 is 12.0 Å². The number of carbonyl (C=O) groups is 1. The van der Waals surface area contributed by atoms with Gasteiger partial charge in [0.25, 0.3) is 0 Å². The summed E-state index contributed by atoms with van der Waals surface area (Å²) in [4.78, 5) is 28.6. The van der Waals surface area contributed by atoms with E-state index < -0.39 is 0 Å². The molecule has 0 spiro atoms. The molecule has 30 heavy (non-hydrogen) atoms. The van der Waals surface area contributed by atoms with E-state index in [1.165, 1.54) is 0 Å². The van der Waals surface area contributed by atoms with Gasteiger partial charge in [-0.2, -0.15) is 0 Å². The minimum atomic E-state index is -0.00460. The lowest BCUT2D eigenvalue weighted by Gasteiger charge is -2.38. The maximum atomic E-state index is 12.5. The molecule has 0 bridgehead atoms. The molecule has 2 fully saturated rings. The summed E-state index contributed by atoms with van der Waals surface area (Å²) in [6, 6.07) is 6.29. The first-order chi connectivity index (χ1) is 14.6. The van der Waals surface area contributed by atoms with E-state index in [-0.39, 0.29) is 6.03 Å². The van der Waals surface area contributed by atoms with Crippen molar-refractivity contribution < 1.29 is 9.21 Å². The first-order valence-electron chi connectivity index (χ1n) is 10.9. The molecule has 162 valence electrons. The highest BCUT2D eigenvalue weighted by Crippen LogP contribution is 2.22. The minimum absolute atomic E-state index is 0.00460. The molecule has 2 amide bonds. The highest BCUT2D eigenvalue weighted by atomic mass is 16.3. The molecule has 4 rings (SSSR count). The molecule has 2 aliphatic heterocycles. The van der Waals surface area contributed by atoms with Crippen LogP contribution in [0.3, 0.4) is 0 Å². The van der Waals surface area contributed by atoms with Crippen LogP contribution in [0.4, 0.5) is 10.7 Å². The predicted molar refractivity (Wildman–Crippen MR) is 115 cm³/mol. The fourth-order valence-electron chi connectivity index (χ4n) is 4.47. The lowest BCUT2D eigenvalue weighted by Crippen LogP contribution is -2.47. The van der Waals surface area contributed by atoms with E-state index in [1.807, 2.05) is 36.9 Å². The number of hydrogen-bond donors (Lipinski definition) is 1. The van der Waals surface area contributed by atoms with Crippen molar-refractivity contribution in [2.24, 2.45) is 0 Å². The van der Waals surface area contributed by atoms with Gasteiger partial charge in [-0.3, -0.25) is 4.90 Å². The zero-order valence-electron chi connectivity index (χ0n) is 18.0. The number of piperidine rings is 1. The van der Waals surface area contributed by atoms with Gasteiger partial charge in [-0.05, 0) is 51.3 Å². The summed E-state index contributed by atoms with van der Waals surface area (Å²) in [5, 5.41) is 2.96. The Morgan fingerprint density at radius 1 is 1.10 bits per heavy atom. The van der Waals surface area contributed by atoms with E-state index in [2.05, 4.69) is 25.1 Å². The Labute approximate surface area is 178 Å². The van der Waals surface area contributed by atoms with Gasteiger partial charge in [0.15, 0.2) is 0 Å². The Hall–Kier alpha value is -2.61. The maximum Gasteiger partial charge on any atom is 0.317 e. The molecule has 0 aromatic carbocycles. The summed E-state index contributed by atoms with van der Waals surface area (Å²) < 4.78 is 5.29. The van der Waals surface area contributed by atoms with E-state index >= 15 is 0 Å². The average molecular weight is 413 g/mol. The molecule has 0 unspecified atom stereocenters. The number of hydrogen-bond acceptors (Lipinski definition) is 6. The predicted octanol–water partition coefficient (Wildman–Crippen LogP) is 2.57. The van der Waals surface area contributed by atoms with Crippen molar-refractivity contribution in [1.29, 1.82) is 0 Å². The zero-order chi connectivity index (χ0) is 20.9. The van der Waals surface area contributed by atoms with E-state index in [0.29, 0.717) is 12.6 Å². The number of amides is 2. The van der Waals surface area contributed by atoms with Crippen molar-refractivity contribution in [2.45, 2.75) is 45.7 Å². The summed E-state index contributed by atoms with van der Waals surface area (Å²) in [5.74, 6) is 1.64. The molecule has 2 aliphatic rings. The van der Waals surface area contributed by atoms with Crippen LogP contribution in [0.15, 0.2) is 28.9 Å². The number of rotatable bonds is 4. The second-order valence-corrected chi connectivity index (χ2v) is 8.28. The molecule has 2 saturated heterocycles. The summed E-state index contributed by atoms with van der Waals surface area (Å²) in [6.45, 7) is 10.0. The van der Waals surface area contributed by atoms with Crippen LogP contribution in [0.1, 0.15) is 36.4 Å². The highest BCUT2D eigenvalue weighted by Gasteiger charge is 2.28. The van der Waals surface area contributed by atoms with Gasteiger partial charge in [0.05, 0.1) is 12.8 Å². The van der Waals surface area contributed by atoms with E-state index in [0.717, 1.165) is 81.6 Å². The fraction of sp³-hybridized carbons (Fsp3) is 0.591. The average Bonchev–Trinajstić information content (AvgIpc) is 3.14. The Balaban J connectivity index is 1.25. The summed E-state index contributed by atoms with van der Waals surface area (Å²) in [6.07, 6.45) is 4.86. The first-order valence-corrected chi connectivity index (χ1v) is 10.9. The van der Waals surface area contributed by atoms with Crippen LogP contribution in [-0.4, -0.2) is 71.1 Å². The van der Waals surface area contributed by atoms with E-state index in [1.54, 1.807) is 6.26 Å². The zero-order valence-corrected chi connectivity index (χ0v) is 18.0. The van der Waals surface area contributed by atoms with Crippen LogP contribution in [0.25, 0.3) is 0 Å². The van der Waals surface area contributed by atoms with E-state index in [9.17, 15) is 4.79 Å². The van der Waals surface area contributed by atoms with Crippen molar-refractivity contribution in [1.82, 2.24) is 25.1 Å². The van der Waals surface area contributed by atoms with Gasteiger partial charge >= 0.3 is 6.03 Å². The molecule has 0 atom stereocenters. The van der Waals surface area contributed by atoms with Crippen LogP contribution in [0.2, 0.25) is 0 Å². The third-order valence-corrected chi connectivity index (χ3v) is 6.05. The number of carbonyl (C=O) groups excluding carboxylic acids is 1. The van der Waals surface area contributed by atoms with Crippen LogP contribution < -0.4 is 10.2 Å². The largest absolute Gasteiger partial charge is 0.467 e. The monoisotopic (exact) mass is 412 g/mol. The number of urea groups is 1. The van der Waals surface area contributed by atoms with Crippen LogP contribution in [0, 0.1) is 13.8 Å². The standard InChI is InChI=1S/C22H32N6O2/c1-17-15-18(2)25-21(24-17)27-10-6-19(7-11-27)26-8-4-9-28(13-12-26)22(29)23-16-20-5-3-14-30-20/h3,5,14-15,19H,4,6-13,16H2,1-2H3,(H,23,29). The Morgan fingerprint density at radius 3 is 2.57 bits per heavy atom. The van der Waals surface area contributed by atoms with Crippen molar-refractivity contribution in [3.05, 3.63) is 41.6 Å². The number of nitrogens with one attached hydrogen (secondary N) is 1. The maximum absolute atomic E-state index is 12.5. The lowest BCUT2D eigenvalue weighted by molar-refractivity contribution is 0.169. The van der Waals surface area contributed by atoms with Crippen molar-refractivity contribution in [2.75, 3.05) is 44.2 Å². The molecular formula is C22H32N6O2. The van der Waals surface area contributed by atoms with Gasteiger partial charge in [-0.15, -0.1) is 0 Å². The Kier molecular flexibility index (Phi) is 6.52. The van der Waals surface area contributed by atoms with Crippen molar-refractivity contribution in [3.8, 4) is 0 Å². The number of aryl methyl sites for hydroxylation is 2. The molecule has 0 radical (unpaired) electrons. The van der Waals surface area contributed by atoms with Crippen molar-refractivity contribution in [3.63, 3.8) is 0 Å². The quantitative estimate of drug-likeness (QED) is 0.832. The molecule has 2 aromatic heterocycles. The third-order valence-electron chi connectivity index (χ3n) is 6.05. The van der Waals surface area contributed by atoms with E-state index in [4.69, 9.17) is 4.42 Å². The van der Waals surface area contributed by atoms with Gasteiger partial charge in [-0.25, -0.2) is 14.8 Å². The number of furan rings is 1. The van der Waals surface area contributed by atoms with Gasteiger partial charge in [-0.1, -0.05) is 0 Å². The summed E-state index contributed by atoms with van der Waals surface area (Å²) in [5.41, 5.74) is 2.05. The van der Waals surface area contributed by atoms with Crippen LogP contribution in [0.5, 0.6) is 0 Å². The Bertz CT molecular complexity index is 812. The summed E-state index contributed by atoms with van der Waals surface area (Å²) >= 11 is 0. The summed E-state index contributed by atoms with van der Waals surface area (Å²) in [7, 11) is 0. The first kappa shape index (κ1) is 20.7. The molecule has 0 aliphatic carbocycles. The van der Waals surface area contributed by atoms with Crippen LogP contribution >= 0.6 is 0 Å². The number of nitrogens with zero attached hydrogens (tertiary/aromatic N) is 5. The molecule has 0 saturated carbocycles. The lowest BCUT2D eigenvalue weighted by atomic mass is 10.0. The van der Waals surface area contributed by atoms with Gasteiger partial charge < -0.3 is 19.5 Å². The Morgan fingerprint density at radius 2 is 1.87 bits per heavy atom. The van der Waals surface area contributed by atoms with Crippen LogP contribution in [-0.2, 0) is 6.54 Å². The van der Waals surface area contributed by atoms with Gasteiger partial charge in [0, 0.05) is 56.7 Å². The minimum Gasteiger partial charge on any atom is -0.467 e. The topological polar surface area (TPSA) is 77.7 Å². The fourth-order valence-corrected chi connectivity index (χ4v) is 4.47. The molecule has 1 N–H and O–H groups in total. The third kappa shape index (κ3) is 5.11. The molecule has 8 heteroatoms. The SMILES string of the molecule is Cc1cc(C)nc(N2CCC(N3CCCN(C(=O)NCc4ccco4)CC3)CC2)n1. The molecule has 2 aromatic rings. The number of aromatic nitrogens is 2. The van der Waals surface area contributed by atoms with Gasteiger partial charge in [0.2, 0.25) is 5.95 Å². The second-order valence-electron chi connectivity index (χ2n) is 8.28. The van der Waals surface area contributed by atoms with Gasteiger partial charge in [0.1, 0.15) is 5.76 Å². The normalized spacial score (nSPS) is 19.0. The molecular weight excluding hydrogens is 380 g/mol. The second kappa shape index (κ2) is 9.47. The smallest absolute Gasteiger partial charge is 0.317 e.